The standard InChI is InChI=1S/C47H31N3/c1-4-13-32(14-5-1)35-23-24-37-30-40(26-25-36(37)29-35)47-49-45(34-17-8-3-9-18-34)48-46(50-47)39-20-12-19-38(31-39)42-28-27-41(33-15-6-2-7-16-33)43-21-10-11-22-44(42)43/h1-31H. The minimum Gasteiger partial charge on any atom is -0.208 e. The summed E-state index contributed by atoms with van der Waals surface area (Å²) in [6.45, 7) is 0. The van der Waals surface area contributed by atoms with Crippen molar-refractivity contribution in [2.24, 2.45) is 0 Å². The monoisotopic (exact) mass is 637 g/mol. The van der Waals surface area contributed by atoms with Crippen LogP contribution in [0.4, 0.5) is 0 Å². The van der Waals surface area contributed by atoms with Crippen LogP contribution < -0.4 is 0 Å². The van der Waals surface area contributed by atoms with Crippen molar-refractivity contribution >= 4 is 21.5 Å². The second-order valence-electron chi connectivity index (χ2n) is 12.5. The van der Waals surface area contributed by atoms with Crippen LogP contribution in [0.3, 0.4) is 0 Å². The lowest BCUT2D eigenvalue weighted by molar-refractivity contribution is 1.07. The van der Waals surface area contributed by atoms with E-state index in [0.717, 1.165) is 27.6 Å². The lowest BCUT2D eigenvalue weighted by Crippen LogP contribution is -2.00. The molecule has 0 bridgehead atoms. The molecule has 0 amide bonds. The Morgan fingerprint density at radius 2 is 0.660 bits per heavy atom. The Labute approximate surface area is 291 Å². The van der Waals surface area contributed by atoms with Gasteiger partial charge in [-0.2, -0.15) is 0 Å². The van der Waals surface area contributed by atoms with Crippen LogP contribution in [-0.2, 0) is 0 Å². The first-order valence-corrected chi connectivity index (χ1v) is 16.9. The Morgan fingerprint density at radius 1 is 0.240 bits per heavy atom. The van der Waals surface area contributed by atoms with Crippen LogP contribution in [0, 0.1) is 0 Å². The maximum atomic E-state index is 5.10. The van der Waals surface area contributed by atoms with Crippen molar-refractivity contribution in [1.29, 1.82) is 0 Å². The lowest BCUT2D eigenvalue weighted by Gasteiger charge is -2.13. The van der Waals surface area contributed by atoms with Gasteiger partial charge in [-0.05, 0) is 73.1 Å². The zero-order valence-corrected chi connectivity index (χ0v) is 27.2. The highest BCUT2D eigenvalue weighted by Gasteiger charge is 2.15. The molecule has 3 nitrogen and oxygen atoms in total. The van der Waals surface area contributed by atoms with Crippen molar-refractivity contribution in [3.05, 3.63) is 188 Å². The molecule has 234 valence electrons. The van der Waals surface area contributed by atoms with Crippen LogP contribution in [0.2, 0.25) is 0 Å². The number of nitrogens with zero attached hydrogens (tertiary/aromatic N) is 3. The van der Waals surface area contributed by atoms with Crippen molar-refractivity contribution in [3.8, 4) is 67.5 Å². The first-order valence-electron chi connectivity index (χ1n) is 16.9. The number of benzene rings is 8. The van der Waals surface area contributed by atoms with Gasteiger partial charge in [0, 0.05) is 16.7 Å². The summed E-state index contributed by atoms with van der Waals surface area (Å²) in [5, 5.41) is 4.74. The molecule has 8 aromatic carbocycles. The Bertz CT molecular complexity index is 2630. The van der Waals surface area contributed by atoms with Gasteiger partial charge < -0.3 is 0 Å². The van der Waals surface area contributed by atoms with E-state index in [1.54, 1.807) is 0 Å². The van der Waals surface area contributed by atoms with Crippen LogP contribution >= 0.6 is 0 Å². The summed E-state index contributed by atoms with van der Waals surface area (Å²) in [6, 6.07) is 65.9. The molecule has 3 heteroatoms. The lowest BCUT2D eigenvalue weighted by atomic mass is 9.91. The third-order valence-electron chi connectivity index (χ3n) is 9.31. The molecule has 9 aromatic rings. The van der Waals surface area contributed by atoms with E-state index in [2.05, 4.69) is 152 Å². The number of aromatic nitrogens is 3. The summed E-state index contributed by atoms with van der Waals surface area (Å²) in [5.74, 6) is 1.93. The maximum absolute atomic E-state index is 5.10. The summed E-state index contributed by atoms with van der Waals surface area (Å²) in [4.78, 5) is 15.1. The summed E-state index contributed by atoms with van der Waals surface area (Å²) < 4.78 is 0. The summed E-state index contributed by atoms with van der Waals surface area (Å²) in [5.41, 5.74) is 9.95. The van der Waals surface area contributed by atoms with Gasteiger partial charge in [0.05, 0.1) is 0 Å². The van der Waals surface area contributed by atoms with E-state index in [1.165, 1.54) is 44.0 Å². The minimum atomic E-state index is 0.639. The molecule has 0 unspecified atom stereocenters. The molecule has 0 aliphatic carbocycles. The van der Waals surface area contributed by atoms with Gasteiger partial charge in [-0.15, -0.1) is 0 Å². The molecular formula is C47H31N3. The summed E-state index contributed by atoms with van der Waals surface area (Å²) >= 11 is 0. The zero-order valence-electron chi connectivity index (χ0n) is 27.2. The average molecular weight is 638 g/mol. The quantitative estimate of drug-likeness (QED) is 0.182. The summed E-state index contributed by atoms with van der Waals surface area (Å²) in [7, 11) is 0. The molecule has 0 spiro atoms. The molecule has 0 N–H and O–H groups in total. The fourth-order valence-corrected chi connectivity index (χ4v) is 6.79. The van der Waals surface area contributed by atoms with E-state index in [9.17, 15) is 0 Å². The number of fused-ring (bicyclic) bond motifs is 2. The van der Waals surface area contributed by atoms with Crippen LogP contribution in [0.5, 0.6) is 0 Å². The molecule has 0 atom stereocenters. The van der Waals surface area contributed by atoms with E-state index in [0.29, 0.717) is 17.5 Å². The largest absolute Gasteiger partial charge is 0.208 e. The Hall–Kier alpha value is -6.71. The molecule has 0 radical (unpaired) electrons. The Morgan fingerprint density at radius 3 is 1.28 bits per heavy atom. The van der Waals surface area contributed by atoms with Crippen molar-refractivity contribution in [3.63, 3.8) is 0 Å². The summed E-state index contributed by atoms with van der Waals surface area (Å²) in [6.07, 6.45) is 0. The second-order valence-corrected chi connectivity index (χ2v) is 12.5. The van der Waals surface area contributed by atoms with Gasteiger partial charge in [-0.3, -0.25) is 0 Å². The van der Waals surface area contributed by atoms with Gasteiger partial charge in [-0.25, -0.2) is 15.0 Å². The van der Waals surface area contributed by atoms with E-state index in [-0.39, 0.29) is 0 Å². The van der Waals surface area contributed by atoms with Crippen LogP contribution in [0.15, 0.2) is 188 Å². The predicted molar refractivity (Wildman–Crippen MR) is 207 cm³/mol. The molecule has 0 saturated heterocycles. The van der Waals surface area contributed by atoms with E-state index in [1.807, 2.05) is 36.4 Å². The Kier molecular flexibility index (Phi) is 7.49. The SMILES string of the molecule is c1ccc(-c2ccc3cc(-c4nc(-c5ccccc5)nc(-c5cccc(-c6ccc(-c7ccccc7)c7ccccc67)c5)n4)ccc3c2)cc1. The van der Waals surface area contributed by atoms with E-state index < -0.39 is 0 Å². The highest BCUT2D eigenvalue weighted by molar-refractivity contribution is 6.05. The second kappa shape index (κ2) is 12.7. The van der Waals surface area contributed by atoms with Crippen LogP contribution in [0.25, 0.3) is 89.1 Å². The van der Waals surface area contributed by atoms with Gasteiger partial charge in [0.2, 0.25) is 0 Å². The van der Waals surface area contributed by atoms with Gasteiger partial charge in [0.25, 0.3) is 0 Å². The van der Waals surface area contributed by atoms with E-state index >= 15 is 0 Å². The molecule has 0 aliphatic heterocycles. The van der Waals surface area contributed by atoms with Crippen LogP contribution in [0.1, 0.15) is 0 Å². The van der Waals surface area contributed by atoms with Crippen molar-refractivity contribution in [2.45, 2.75) is 0 Å². The smallest absolute Gasteiger partial charge is 0.164 e. The Balaban J connectivity index is 1.15. The molecule has 9 rings (SSSR count). The first-order chi connectivity index (χ1) is 24.8. The van der Waals surface area contributed by atoms with Crippen LogP contribution in [-0.4, -0.2) is 15.0 Å². The number of hydrogen-bond donors (Lipinski definition) is 0. The molecule has 1 aromatic heterocycles. The third-order valence-corrected chi connectivity index (χ3v) is 9.31. The van der Waals surface area contributed by atoms with Gasteiger partial charge in [-0.1, -0.05) is 170 Å². The molecule has 0 aliphatic rings. The fraction of sp³-hybridized carbons (Fsp3) is 0. The molecular weight excluding hydrogens is 607 g/mol. The highest BCUT2D eigenvalue weighted by Crippen LogP contribution is 2.37. The van der Waals surface area contributed by atoms with Crippen molar-refractivity contribution in [2.75, 3.05) is 0 Å². The fourth-order valence-electron chi connectivity index (χ4n) is 6.79. The molecule has 50 heavy (non-hydrogen) atoms. The van der Waals surface area contributed by atoms with Crippen molar-refractivity contribution in [1.82, 2.24) is 15.0 Å². The third kappa shape index (κ3) is 5.61. The normalized spacial score (nSPS) is 11.2. The maximum Gasteiger partial charge on any atom is 0.164 e. The van der Waals surface area contributed by atoms with Crippen molar-refractivity contribution < 1.29 is 0 Å². The number of hydrogen-bond acceptors (Lipinski definition) is 3. The molecule has 0 saturated carbocycles. The number of rotatable bonds is 6. The van der Waals surface area contributed by atoms with Gasteiger partial charge in [0.15, 0.2) is 17.5 Å². The average Bonchev–Trinajstić information content (AvgIpc) is 3.21. The molecule has 1 heterocycles. The zero-order chi connectivity index (χ0) is 33.3. The minimum absolute atomic E-state index is 0.639. The topological polar surface area (TPSA) is 38.7 Å². The first kappa shape index (κ1) is 29.4. The van der Waals surface area contributed by atoms with Gasteiger partial charge >= 0.3 is 0 Å². The van der Waals surface area contributed by atoms with E-state index in [4.69, 9.17) is 15.0 Å². The predicted octanol–water partition coefficient (Wildman–Crippen LogP) is 12.2. The van der Waals surface area contributed by atoms with Gasteiger partial charge in [0.1, 0.15) is 0 Å². The molecule has 0 fully saturated rings. The highest BCUT2D eigenvalue weighted by atomic mass is 15.0.